The number of likely N-dealkylation sites (N-methyl/N-ethyl adjacent to an activating group) is 2. The fourth-order valence-corrected chi connectivity index (χ4v) is 3.73. The number of nitrogens with zero attached hydrogens (tertiary/aromatic N) is 2. The van der Waals surface area contributed by atoms with Crippen molar-refractivity contribution in [3.63, 3.8) is 0 Å². The van der Waals surface area contributed by atoms with Gasteiger partial charge in [0.2, 0.25) is 0 Å². The molecule has 18 heavy (non-hydrogen) atoms. The van der Waals surface area contributed by atoms with Crippen molar-refractivity contribution < 1.29 is 0 Å². The maximum absolute atomic E-state index is 3.57. The zero-order valence-corrected chi connectivity index (χ0v) is 12.5. The van der Waals surface area contributed by atoms with Gasteiger partial charge in [0, 0.05) is 18.6 Å². The second kappa shape index (κ2) is 6.88. The van der Waals surface area contributed by atoms with Crippen LogP contribution in [0.15, 0.2) is 0 Å². The Morgan fingerprint density at radius 2 is 1.78 bits per heavy atom. The molecule has 1 heterocycles. The van der Waals surface area contributed by atoms with Crippen molar-refractivity contribution >= 4 is 0 Å². The van der Waals surface area contributed by atoms with E-state index >= 15 is 0 Å². The van der Waals surface area contributed by atoms with E-state index in [-0.39, 0.29) is 0 Å². The summed E-state index contributed by atoms with van der Waals surface area (Å²) in [5.74, 6) is 0.920. The van der Waals surface area contributed by atoms with Crippen LogP contribution in [0.5, 0.6) is 0 Å². The fraction of sp³-hybridized carbons (Fsp3) is 1.00. The Morgan fingerprint density at radius 3 is 2.33 bits per heavy atom. The molecule has 1 saturated carbocycles. The summed E-state index contributed by atoms with van der Waals surface area (Å²) in [5.41, 5.74) is 0. The highest BCUT2D eigenvalue weighted by Gasteiger charge is 2.27. The Balaban J connectivity index is 1.79. The highest BCUT2D eigenvalue weighted by molar-refractivity contribution is 4.85. The van der Waals surface area contributed by atoms with Gasteiger partial charge in [-0.25, -0.2) is 0 Å². The van der Waals surface area contributed by atoms with Crippen LogP contribution in [0.1, 0.15) is 38.5 Å². The van der Waals surface area contributed by atoms with Crippen LogP contribution in [0.2, 0.25) is 0 Å². The zero-order valence-electron chi connectivity index (χ0n) is 12.5. The summed E-state index contributed by atoms with van der Waals surface area (Å²) < 4.78 is 0. The monoisotopic (exact) mass is 253 g/mol. The second-order valence-electron chi connectivity index (χ2n) is 6.41. The number of hydrogen-bond donors (Lipinski definition) is 1. The van der Waals surface area contributed by atoms with Gasteiger partial charge in [-0.2, -0.15) is 0 Å². The molecule has 1 aliphatic heterocycles. The summed E-state index contributed by atoms with van der Waals surface area (Å²) >= 11 is 0. The van der Waals surface area contributed by atoms with Crippen molar-refractivity contribution in [3.05, 3.63) is 0 Å². The lowest BCUT2D eigenvalue weighted by Crippen LogP contribution is -2.48. The maximum Gasteiger partial charge on any atom is 0.0220 e. The van der Waals surface area contributed by atoms with Gasteiger partial charge in [0.25, 0.3) is 0 Å². The van der Waals surface area contributed by atoms with Crippen molar-refractivity contribution in [3.8, 4) is 0 Å². The van der Waals surface area contributed by atoms with Gasteiger partial charge in [0.15, 0.2) is 0 Å². The highest BCUT2D eigenvalue weighted by atomic mass is 15.2. The van der Waals surface area contributed by atoms with Crippen molar-refractivity contribution in [2.45, 2.75) is 50.6 Å². The fourth-order valence-electron chi connectivity index (χ4n) is 3.73. The molecule has 2 rings (SSSR count). The third-order valence-electron chi connectivity index (χ3n) is 5.14. The van der Waals surface area contributed by atoms with Crippen LogP contribution < -0.4 is 5.32 Å². The predicted octanol–water partition coefficient (Wildman–Crippen LogP) is 1.79. The van der Waals surface area contributed by atoms with Crippen LogP contribution in [0.3, 0.4) is 0 Å². The van der Waals surface area contributed by atoms with Gasteiger partial charge in [-0.1, -0.05) is 12.8 Å². The van der Waals surface area contributed by atoms with Gasteiger partial charge in [-0.05, 0) is 65.8 Å². The molecule has 106 valence electrons. The summed E-state index contributed by atoms with van der Waals surface area (Å²) in [6.07, 6.45) is 8.45. The Labute approximate surface area is 113 Å². The second-order valence-corrected chi connectivity index (χ2v) is 6.41. The first-order chi connectivity index (χ1) is 8.70. The minimum atomic E-state index is 0.706. The van der Waals surface area contributed by atoms with Crippen LogP contribution in [0.4, 0.5) is 0 Å². The Morgan fingerprint density at radius 1 is 1.17 bits per heavy atom. The normalized spacial score (nSPS) is 26.0. The summed E-state index contributed by atoms with van der Waals surface area (Å²) in [4.78, 5) is 5.07. The molecule has 0 aromatic rings. The third kappa shape index (κ3) is 3.69. The van der Waals surface area contributed by atoms with E-state index in [2.05, 4.69) is 36.3 Å². The van der Waals surface area contributed by atoms with Gasteiger partial charge in [0.05, 0.1) is 0 Å². The van der Waals surface area contributed by atoms with E-state index in [9.17, 15) is 0 Å². The molecule has 3 nitrogen and oxygen atoms in total. The standard InChI is InChI=1S/C15H31N3/c1-16-15(13-6-4-5-7-13)12-18(3)14-8-10-17(2)11-9-14/h13-16H,4-12H2,1-3H3. The van der Waals surface area contributed by atoms with E-state index in [4.69, 9.17) is 0 Å². The van der Waals surface area contributed by atoms with Gasteiger partial charge in [-0.15, -0.1) is 0 Å². The van der Waals surface area contributed by atoms with E-state index in [0.717, 1.165) is 12.0 Å². The maximum atomic E-state index is 3.57. The smallest absolute Gasteiger partial charge is 0.0220 e. The summed E-state index contributed by atoms with van der Waals surface area (Å²) in [5, 5.41) is 3.57. The number of hydrogen-bond acceptors (Lipinski definition) is 3. The summed E-state index contributed by atoms with van der Waals surface area (Å²) in [7, 11) is 6.71. The molecule has 0 bridgehead atoms. The lowest BCUT2D eigenvalue weighted by atomic mass is 9.96. The molecule has 0 radical (unpaired) electrons. The van der Waals surface area contributed by atoms with Crippen LogP contribution in [0.25, 0.3) is 0 Å². The Bertz CT molecular complexity index is 230. The molecule has 0 aromatic carbocycles. The number of likely N-dealkylation sites (tertiary alicyclic amines) is 1. The number of rotatable bonds is 5. The quantitative estimate of drug-likeness (QED) is 0.806. The summed E-state index contributed by atoms with van der Waals surface area (Å²) in [6.45, 7) is 3.76. The first kappa shape index (κ1) is 14.3. The molecule has 0 spiro atoms. The van der Waals surface area contributed by atoms with Crippen molar-refractivity contribution in [1.82, 2.24) is 15.1 Å². The molecule has 2 fully saturated rings. The minimum absolute atomic E-state index is 0.706. The Hall–Kier alpha value is -0.120. The van der Waals surface area contributed by atoms with E-state index in [0.29, 0.717) is 6.04 Å². The van der Waals surface area contributed by atoms with Crippen LogP contribution in [0, 0.1) is 5.92 Å². The first-order valence-corrected chi connectivity index (χ1v) is 7.76. The molecule has 1 unspecified atom stereocenters. The van der Waals surface area contributed by atoms with Crippen LogP contribution in [-0.2, 0) is 0 Å². The van der Waals surface area contributed by atoms with Gasteiger partial charge < -0.3 is 15.1 Å². The molecule has 0 amide bonds. The van der Waals surface area contributed by atoms with Crippen LogP contribution in [-0.4, -0.2) is 62.7 Å². The first-order valence-electron chi connectivity index (χ1n) is 7.76. The van der Waals surface area contributed by atoms with E-state index in [1.54, 1.807) is 0 Å². The largest absolute Gasteiger partial charge is 0.315 e. The molecule has 1 saturated heterocycles. The van der Waals surface area contributed by atoms with E-state index in [1.807, 2.05) is 0 Å². The molecular weight excluding hydrogens is 222 g/mol. The Kier molecular flexibility index (Phi) is 5.46. The number of piperidine rings is 1. The van der Waals surface area contributed by atoms with Crippen molar-refractivity contribution in [2.75, 3.05) is 40.8 Å². The predicted molar refractivity (Wildman–Crippen MR) is 78.0 cm³/mol. The summed E-state index contributed by atoms with van der Waals surface area (Å²) in [6, 6.07) is 1.51. The lowest BCUT2D eigenvalue weighted by molar-refractivity contribution is 0.126. The van der Waals surface area contributed by atoms with Crippen molar-refractivity contribution in [2.24, 2.45) is 5.92 Å². The van der Waals surface area contributed by atoms with E-state index in [1.165, 1.54) is 58.2 Å². The minimum Gasteiger partial charge on any atom is -0.315 e. The van der Waals surface area contributed by atoms with Gasteiger partial charge in [-0.3, -0.25) is 0 Å². The SMILES string of the molecule is CNC(CN(C)C1CCN(C)CC1)C1CCCC1. The molecule has 1 atom stereocenters. The number of nitrogens with one attached hydrogen (secondary N) is 1. The highest BCUT2D eigenvalue weighted by Crippen LogP contribution is 2.28. The van der Waals surface area contributed by atoms with Gasteiger partial charge >= 0.3 is 0 Å². The van der Waals surface area contributed by atoms with Crippen LogP contribution >= 0.6 is 0 Å². The molecule has 2 aliphatic rings. The third-order valence-corrected chi connectivity index (χ3v) is 5.14. The molecule has 1 aliphatic carbocycles. The van der Waals surface area contributed by atoms with E-state index < -0.39 is 0 Å². The van der Waals surface area contributed by atoms with Crippen molar-refractivity contribution in [1.29, 1.82) is 0 Å². The van der Waals surface area contributed by atoms with Gasteiger partial charge in [0.1, 0.15) is 0 Å². The molecule has 1 N–H and O–H groups in total. The molecular formula is C15H31N3. The average Bonchev–Trinajstić information content (AvgIpc) is 2.90. The molecule has 0 aromatic heterocycles. The lowest BCUT2D eigenvalue weighted by Gasteiger charge is -2.37. The zero-order chi connectivity index (χ0) is 13.0. The average molecular weight is 253 g/mol. The topological polar surface area (TPSA) is 18.5 Å². The molecule has 3 heteroatoms.